The molecule has 31 heavy (non-hydrogen) atoms. The van der Waals surface area contributed by atoms with Crippen LogP contribution in [0.25, 0.3) is 0 Å². The summed E-state index contributed by atoms with van der Waals surface area (Å²) in [6, 6.07) is 0. The SMILES string of the molecule is [CH2]CCC(F)(F)C(F)(F)C(F)(F)C(F)(F)C(F)(F)C(F)(F)C(F)(C(F)(F)F)C(F)(F)F. The van der Waals surface area contributed by atoms with Gasteiger partial charge in [-0.25, -0.2) is 4.39 Å². The van der Waals surface area contributed by atoms with E-state index in [1.165, 1.54) is 0 Å². The van der Waals surface area contributed by atoms with Crippen LogP contribution in [0.5, 0.6) is 0 Å². The molecule has 0 heterocycles. The van der Waals surface area contributed by atoms with Gasteiger partial charge in [0.2, 0.25) is 0 Å². The maximum Gasteiger partial charge on any atom is 0.438 e. The normalized spacial score (nSPS) is 16.6. The van der Waals surface area contributed by atoms with Crippen LogP contribution in [-0.2, 0) is 0 Å². The van der Waals surface area contributed by atoms with Gasteiger partial charge in [0.1, 0.15) is 0 Å². The largest absolute Gasteiger partial charge is 0.438 e. The zero-order valence-electron chi connectivity index (χ0n) is 13.8. The first-order valence-electron chi connectivity index (χ1n) is 6.94. The number of hydrogen-bond acceptors (Lipinski definition) is 0. The van der Waals surface area contributed by atoms with Crippen LogP contribution < -0.4 is 0 Å². The monoisotopic (exact) mass is 511 g/mol. The van der Waals surface area contributed by atoms with Crippen LogP contribution in [0.3, 0.4) is 0 Å². The summed E-state index contributed by atoms with van der Waals surface area (Å²) in [6.07, 6.45) is -20.6. The first-order chi connectivity index (χ1) is 13.1. The fourth-order valence-electron chi connectivity index (χ4n) is 1.93. The number of halogens is 19. The maximum absolute atomic E-state index is 13.3. The molecule has 0 nitrogen and oxygen atoms in total. The average molecular weight is 511 g/mol. The molecule has 187 valence electrons. The van der Waals surface area contributed by atoms with Crippen molar-refractivity contribution in [3.05, 3.63) is 6.92 Å². The molecule has 0 rings (SSSR count). The smallest absolute Gasteiger partial charge is 0.216 e. The lowest BCUT2D eigenvalue weighted by Gasteiger charge is -2.45. The molecule has 0 aromatic rings. The lowest BCUT2D eigenvalue weighted by molar-refractivity contribution is -0.472. The molecule has 0 fully saturated rings. The predicted molar refractivity (Wildman–Crippen MR) is 60.2 cm³/mol. The van der Waals surface area contributed by atoms with Crippen molar-refractivity contribution in [1.29, 1.82) is 0 Å². The van der Waals surface area contributed by atoms with Gasteiger partial charge in [0.05, 0.1) is 0 Å². The summed E-state index contributed by atoms with van der Waals surface area (Å²) in [6.45, 7) is 2.39. The van der Waals surface area contributed by atoms with E-state index in [1.54, 1.807) is 0 Å². The summed E-state index contributed by atoms with van der Waals surface area (Å²) < 4.78 is 246. The molecule has 19 heteroatoms. The van der Waals surface area contributed by atoms with Gasteiger partial charge >= 0.3 is 53.6 Å². The van der Waals surface area contributed by atoms with Gasteiger partial charge in [0.15, 0.2) is 0 Å². The summed E-state index contributed by atoms with van der Waals surface area (Å²) in [7, 11) is 0. The molecule has 0 aromatic heterocycles. The summed E-state index contributed by atoms with van der Waals surface area (Å²) in [5.41, 5.74) is -8.71. The van der Waals surface area contributed by atoms with Gasteiger partial charge in [0.25, 0.3) is 0 Å². The average Bonchev–Trinajstić information content (AvgIpc) is 2.50. The molecule has 0 aromatic carbocycles. The third-order valence-electron chi connectivity index (χ3n) is 3.74. The second-order valence-corrected chi connectivity index (χ2v) is 5.83. The molecule has 0 aliphatic heterocycles. The van der Waals surface area contributed by atoms with Gasteiger partial charge in [-0.1, -0.05) is 6.92 Å². The highest BCUT2D eigenvalue weighted by Gasteiger charge is 2.98. The Morgan fingerprint density at radius 2 is 0.645 bits per heavy atom. The van der Waals surface area contributed by atoms with Gasteiger partial charge < -0.3 is 0 Å². The number of hydrogen-bond donors (Lipinski definition) is 0. The minimum absolute atomic E-state index is 1.51. The molecule has 0 spiro atoms. The van der Waals surface area contributed by atoms with Crippen molar-refractivity contribution in [3.63, 3.8) is 0 Å². The minimum atomic E-state index is -8.97. The Morgan fingerprint density at radius 3 is 0.903 bits per heavy atom. The van der Waals surface area contributed by atoms with Crippen LogP contribution in [0.2, 0.25) is 0 Å². The second-order valence-electron chi connectivity index (χ2n) is 5.83. The van der Waals surface area contributed by atoms with Crippen LogP contribution in [0, 0.1) is 6.92 Å². The van der Waals surface area contributed by atoms with Crippen molar-refractivity contribution < 1.29 is 83.4 Å². The van der Waals surface area contributed by atoms with Crippen LogP contribution in [0.1, 0.15) is 12.8 Å². The molecule has 1 radical (unpaired) electrons. The Bertz CT molecular complexity index is 621. The summed E-state index contributed by atoms with van der Waals surface area (Å²) in [5.74, 6) is -49.4. The van der Waals surface area contributed by atoms with E-state index in [2.05, 4.69) is 6.92 Å². The van der Waals surface area contributed by atoms with E-state index in [4.69, 9.17) is 0 Å². The maximum atomic E-state index is 13.3. The van der Waals surface area contributed by atoms with E-state index >= 15 is 0 Å². The van der Waals surface area contributed by atoms with Gasteiger partial charge in [-0.05, 0) is 6.42 Å². The minimum Gasteiger partial charge on any atom is -0.216 e. The zero-order valence-corrected chi connectivity index (χ0v) is 13.8. The molecule has 0 amide bonds. The topological polar surface area (TPSA) is 0 Å². The van der Waals surface area contributed by atoms with Crippen molar-refractivity contribution in [2.45, 2.75) is 66.4 Å². The Morgan fingerprint density at radius 1 is 0.387 bits per heavy atom. The Kier molecular flexibility index (Phi) is 7.03. The van der Waals surface area contributed by atoms with Crippen molar-refractivity contribution in [2.24, 2.45) is 0 Å². The first-order valence-corrected chi connectivity index (χ1v) is 6.94. The van der Waals surface area contributed by atoms with E-state index in [1.807, 2.05) is 0 Å². The summed E-state index contributed by atoms with van der Waals surface area (Å²) in [5, 5.41) is 0. The third-order valence-corrected chi connectivity index (χ3v) is 3.74. The van der Waals surface area contributed by atoms with Crippen LogP contribution >= 0.6 is 0 Å². The molecular weight excluding hydrogens is 505 g/mol. The van der Waals surface area contributed by atoms with Crippen LogP contribution in [-0.4, -0.2) is 53.6 Å². The molecule has 0 bridgehead atoms. The van der Waals surface area contributed by atoms with E-state index < -0.39 is 66.4 Å². The fourth-order valence-corrected chi connectivity index (χ4v) is 1.93. The molecule has 0 aliphatic carbocycles. The van der Waals surface area contributed by atoms with E-state index in [-0.39, 0.29) is 0 Å². The van der Waals surface area contributed by atoms with E-state index in [9.17, 15) is 83.4 Å². The predicted octanol–water partition coefficient (Wildman–Crippen LogP) is 7.25. The Hall–Kier alpha value is -1.33. The standard InChI is InChI=1S/C12H6F19/c1-2-3-4(13,14)6(16,17)8(20,21)10(24,25)9(22,23)7(18,19)5(15,11(26,27)28)12(29,30)31/h1-3H2. The summed E-state index contributed by atoms with van der Waals surface area (Å²) in [4.78, 5) is 0. The van der Waals surface area contributed by atoms with Crippen LogP contribution in [0.15, 0.2) is 0 Å². The van der Waals surface area contributed by atoms with Crippen molar-refractivity contribution in [3.8, 4) is 0 Å². The third kappa shape index (κ3) is 3.66. The lowest BCUT2D eigenvalue weighted by Crippen LogP contribution is -2.77. The molecule has 0 aliphatic rings. The van der Waals surface area contributed by atoms with E-state index in [0.717, 1.165) is 0 Å². The molecular formula is C12H6F19. The Balaban J connectivity index is 7.03. The molecule has 0 N–H and O–H groups in total. The molecule has 0 unspecified atom stereocenters. The molecule has 0 saturated heterocycles. The molecule has 0 saturated carbocycles. The van der Waals surface area contributed by atoms with Crippen molar-refractivity contribution in [2.75, 3.05) is 0 Å². The number of alkyl halides is 19. The van der Waals surface area contributed by atoms with Crippen LogP contribution in [0.4, 0.5) is 83.4 Å². The Labute approximate surface area is 158 Å². The van der Waals surface area contributed by atoms with Gasteiger partial charge in [0, 0.05) is 6.42 Å². The quantitative estimate of drug-likeness (QED) is 0.302. The second kappa shape index (κ2) is 7.34. The molecule has 0 atom stereocenters. The highest BCUT2D eigenvalue weighted by atomic mass is 19.4. The van der Waals surface area contributed by atoms with Gasteiger partial charge in [-0.2, -0.15) is 79.0 Å². The first kappa shape index (κ1) is 29.7. The summed E-state index contributed by atoms with van der Waals surface area (Å²) >= 11 is 0. The van der Waals surface area contributed by atoms with Crippen molar-refractivity contribution in [1.82, 2.24) is 0 Å². The zero-order chi connectivity index (χ0) is 25.9. The highest BCUT2D eigenvalue weighted by molar-refractivity contribution is 5.19. The number of rotatable bonds is 8. The van der Waals surface area contributed by atoms with E-state index in [0.29, 0.717) is 0 Å². The van der Waals surface area contributed by atoms with Gasteiger partial charge in [-0.15, -0.1) is 0 Å². The van der Waals surface area contributed by atoms with Crippen molar-refractivity contribution >= 4 is 0 Å². The van der Waals surface area contributed by atoms with Gasteiger partial charge in [-0.3, -0.25) is 0 Å². The lowest BCUT2D eigenvalue weighted by atomic mass is 9.83. The fraction of sp³-hybridized carbons (Fsp3) is 0.917. The highest BCUT2D eigenvalue weighted by Crippen LogP contribution is 2.66.